The van der Waals surface area contributed by atoms with Crippen LogP contribution in [0.25, 0.3) is 0 Å². The number of aromatic nitrogens is 1. The Balaban J connectivity index is 2.00. The molecule has 0 aromatic carbocycles. The van der Waals surface area contributed by atoms with Crippen molar-refractivity contribution in [3.63, 3.8) is 0 Å². The number of amides is 1. The van der Waals surface area contributed by atoms with Gasteiger partial charge >= 0.3 is 0 Å². The van der Waals surface area contributed by atoms with Crippen molar-refractivity contribution in [1.29, 1.82) is 0 Å². The van der Waals surface area contributed by atoms with Crippen LogP contribution in [0.2, 0.25) is 0 Å². The number of hydrogen-bond acceptors (Lipinski definition) is 4. The quantitative estimate of drug-likeness (QED) is 0.867. The average Bonchev–Trinajstić information content (AvgIpc) is 3.09. The third-order valence-electron chi connectivity index (χ3n) is 4.21. The molecule has 0 radical (unpaired) electrons. The zero-order valence-corrected chi connectivity index (χ0v) is 12.7. The predicted octanol–water partition coefficient (Wildman–Crippen LogP) is 2.26. The van der Waals surface area contributed by atoms with Gasteiger partial charge < -0.3 is 14.7 Å². The maximum atomic E-state index is 12.4. The SMILES string of the molecule is CCC(CC)c1cc(C(=O)N2CCC(CNC)C2)on1. The molecule has 20 heavy (non-hydrogen) atoms. The van der Waals surface area contributed by atoms with Crippen molar-refractivity contribution >= 4 is 5.91 Å². The van der Waals surface area contributed by atoms with E-state index in [0.717, 1.165) is 44.6 Å². The highest BCUT2D eigenvalue weighted by atomic mass is 16.5. The Hall–Kier alpha value is -1.36. The summed E-state index contributed by atoms with van der Waals surface area (Å²) in [5.41, 5.74) is 0.907. The molecule has 1 amide bonds. The van der Waals surface area contributed by atoms with Crippen molar-refractivity contribution in [2.45, 2.75) is 39.0 Å². The fourth-order valence-corrected chi connectivity index (χ4v) is 2.92. The smallest absolute Gasteiger partial charge is 0.292 e. The molecule has 1 N–H and O–H groups in total. The normalized spacial score (nSPS) is 19.0. The summed E-state index contributed by atoms with van der Waals surface area (Å²) in [5.74, 6) is 1.30. The lowest BCUT2D eigenvalue weighted by Crippen LogP contribution is -2.30. The number of carbonyl (C=O) groups excluding carboxylic acids is 1. The topological polar surface area (TPSA) is 58.4 Å². The summed E-state index contributed by atoms with van der Waals surface area (Å²) in [6.07, 6.45) is 3.09. The van der Waals surface area contributed by atoms with Gasteiger partial charge in [0, 0.05) is 25.1 Å². The molecule has 112 valence electrons. The fourth-order valence-electron chi connectivity index (χ4n) is 2.92. The van der Waals surface area contributed by atoms with E-state index in [2.05, 4.69) is 24.3 Å². The van der Waals surface area contributed by atoms with Crippen LogP contribution < -0.4 is 5.32 Å². The summed E-state index contributed by atoms with van der Waals surface area (Å²) in [6.45, 7) is 6.84. The van der Waals surface area contributed by atoms with Crippen molar-refractivity contribution in [2.24, 2.45) is 5.92 Å². The average molecular weight is 279 g/mol. The largest absolute Gasteiger partial charge is 0.351 e. The molecule has 0 spiro atoms. The minimum atomic E-state index is -0.0201. The lowest BCUT2D eigenvalue weighted by atomic mass is 9.99. The Morgan fingerprint density at radius 1 is 1.55 bits per heavy atom. The van der Waals surface area contributed by atoms with Gasteiger partial charge in [-0.2, -0.15) is 0 Å². The summed E-state index contributed by atoms with van der Waals surface area (Å²) >= 11 is 0. The summed E-state index contributed by atoms with van der Waals surface area (Å²) in [5, 5.41) is 7.24. The minimum absolute atomic E-state index is 0.0201. The number of likely N-dealkylation sites (tertiary alicyclic amines) is 1. The molecule has 5 nitrogen and oxygen atoms in total. The first-order valence-electron chi connectivity index (χ1n) is 7.60. The van der Waals surface area contributed by atoms with Crippen molar-refractivity contribution in [3.8, 4) is 0 Å². The molecular weight excluding hydrogens is 254 g/mol. The van der Waals surface area contributed by atoms with Gasteiger partial charge in [0.15, 0.2) is 0 Å². The number of carbonyl (C=O) groups is 1. The fraction of sp³-hybridized carbons (Fsp3) is 0.733. The first-order valence-corrected chi connectivity index (χ1v) is 7.60. The molecule has 1 aromatic rings. The highest BCUT2D eigenvalue weighted by Gasteiger charge is 2.29. The van der Waals surface area contributed by atoms with Gasteiger partial charge in [0.05, 0.1) is 5.69 Å². The second-order valence-electron chi connectivity index (χ2n) is 5.59. The molecule has 1 atom stereocenters. The number of hydrogen-bond donors (Lipinski definition) is 1. The second kappa shape index (κ2) is 6.88. The maximum absolute atomic E-state index is 12.4. The van der Waals surface area contributed by atoms with Gasteiger partial charge in [0.2, 0.25) is 5.76 Å². The van der Waals surface area contributed by atoms with E-state index >= 15 is 0 Å². The van der Waals surface area contributed by atoms with Gasteiger partial charge in [0.1, 0.15) is 0 Å². The Labute approximate surface area is 120 Å². The highest BCUT2D eigenvalue weighted by Crippen LogP contribution is 2.24. The molecule has 5 heteroatoms. The van der Waals surface area contributed by atoms with Gasteiger partial charge in [-0.25, -0.2) is 0 Å². The first kappa shape index (κ1) is 15.0. The molecule has 1 aliphatic heterocycles. The van der Waals surface area contributed by atoms with Crippen LogP contribution >= 0.6 is 0 Å². The van der Waals surface area contributed by atoms with Crippen LogP contribution in [0.5, 0.6) is 0 Å². The van der Waals surface area contributed by atoms with Crippen LogP contribution in [0.1, 0.15) is 55.3 Å². The molecule has 1 aliphatic rings. The van der Waals surface area contributed by atoms with Gasteiger partial charge in [-0.1, -0.05) is 19.0 Å². The molecule has 1 saturated heterocycles. The molecule has 0 saturated carbocycles. The summed E-state index contributed by atoms with van der Waals surface area (Å²) < 4.78 is 5.26. The molecule has 2 heterocycles. The van der Waals surface area contributed by atoms with E-state index in [4.69, 9.17) is 4.52 Å². The van der Waals surface area contributed by atoms with E-state index in [1.807, 2.05) is 18.0 Å². The minimum Gasteiger partial charge on any atom is -0.351 e. The number of rotatable bonds is 6. The van der Waals surface area contributed by atoms with E-state index < -0.39 is 0 Å². The number of nitrogens with one attached hydrogen (secondary N) is 1. The maximum Gasteiger partial charge on any atom is 0.292 e. The molecule has 0 bridgehead atoms. The third-order valence-corrected chi connectivity index (χ3v) is 4.21. The van der Waals surface area contributed by atoms with Crippen molar-refractivity contribution < 1.29 is 9.32 Å². The predicted molar refractivity (Wildman–Crippen MR) is 77.8 cm³/mol. The Morgan fingerprint density at radius 2 is 2.30 bits per heavy atom. The summed E-state index contributed by atoms with van der Waals surface area (Å²) in [7, 11) is 1.95. The van der Waals surface area contributed by atoms with E-state index in [1.54, 1.807) is 0 Å². The second-order valence-corrected chi connectivity index (χ2v) is 5.59. The summed E-state index contributed by atoms with van der Waals surface area (Å²) in [4.78, 5) is 14.3. The molecule has 1 fully saturated rings. The standard InChI is InChI=1S/C15H25N3O2/c1-4-12(5-2)13-8-14(20-17-13)15(19)18-7-6-11(10-18)9-16-3/h8,11-12,16H,4-7,9-10H2,1-3H3. The van der Waals surface area contributed by atoms with E-state index in [1.165, 1.54) is 0 Å². The van der Waals surface area contributed by atoms with Crippen molar-refractivity contribution in [3.05, 3.63) is 17.5 Å². The Bertz CT molecular complexity index is 440. The zero-order valence-electron chi connectivity index (χ0n) is 12.7. The Kier molecular flexibility index (Phi) is 5.17. The third kappa shape index (κ3) is 3.20. The lowest BCUT2D eigenvalue weighted by molar-refractivity contribution is 0.0745. The van der Waals surface area contributed by atoms with E-state index in [9.17, 15) is 4.79 Å². The molecular formula is C15H25N3O2. The highest BCUT2D eigenvalue weighted by molar-refractivity contribution is 5.91. The number of nitrogens with zero attached hydrogens (tertiary/aromatic N) is 2. The van der Waals surface area contributed by atoms with Crippen molar-refractivity contribution in [2.75, 3.05) is 26.7 Å². The van der Waals surface area contributed by atoms with Crippen LogP contribution in [-0.2, 0) is 0 Å². The van der Waals surface area contributed by atoms with Gasteiger partial charge in [-0.05, 0) is 38.8 Å². The lowest BCUT2D eigenvalue weighted by Gasteiger charge is -2.14. The molecule has 1 unspecified atom stereocenters. The van der Waals surface area contributed by atoms with Gasteiger partial charge in [-0.3, -0.25) is 4.79 Å². The Morgan fingerprint density at radius 3 is 2.95 bits per heavy atom. The van der Waals surface area contributed by atoms with Crippen LogP contribution in [-0.4, -0.2) is 42.6 Å². The monoisotopic (exact) mass is 279 g/mol. The molecule has 0 aliphatic carbocycles. The van der Waals surface area contributed by atoms with Crippen LogP contribution in [0, 0.1) is 5.92 Å². The zero-order chi connectivity index (χ0) is 14.5. The first-order chi connectivity index (χ1) is 9.69. The van der Waals surface area contributed by atoms with Crippen LogP contribution in [0.3, 0.4) is 0 Å². The van der Waals surface area contributed by atoms with Gasteiger partial charge in [0.25, 0.3) is 5.91 Å². The summed E-state index contributed by atoms with van der Waals surface area (Å²) in [6, 6.07) is 1.82. The van der Waals surface area contributed by atoms with E-state index in [-0.39, 0.29) is 5.91 Å². The van der Waals surface area contributed by atoms with Crippen molar-refractivity contribution in [1.82, 2.24) is 15.4 Å². The van der Waals surface area contributed by atoms with E-state index in [0.29, 0.717) is 17.6 Å². The van der Waals surface area contributed by atoms with Crippen LogP contribution in [0.15, 0.2) is 10.6 Å². The van der Waals surface area contributed by atoms with Crippen LogP contribution in [0.4, 0.5) is 0 Å². The van der Waals surface area contributed by atoms with Gasteiger partial charge in [-0.15, -0.1) is 0 Å². The molecule has 1 aromatic heterocycles. The molecule has 2 rings (SSSR count).